The van der Waals surface area contributed by atoms with E-state index in [1.54, 1.807) is 24.4 Å². The molecule has 29 heavy (non-hydrogen) atoms. The second kappa shape index (κ2) is 7.93. The summed E-state index contributed by atoms with van der Waals surface area (Å²) in [6.45, 7) is 3.09. The van der Waals surface area contributed by atoms with E-state index in [9.17, 15) is 13.2 Å². The van der Waals surface area contributed by atoms with Crippen molar-refractivity contribution in [3.05, 3.63) is 65.9 Å². The van der Waals surface area contributed by atoms with Gasteiger partial charge < -0.3 is 5.32 Å². The number of benzene rings is 2. The maximum Gasteiger partial charge on any atom is 0.255 e. The van der Waals surface area contributed by atoms with Gasteiger partial charge in [-0.3, -0.25) is 9.78 Å². The molecular formula is C22H23N3O3S. The summed E-state index contributed by atoms with van der Waals surface area (Å²) in [7, 11) is -3.50. The Hall–Kier alpha value is -2.77. The molecule has 1 N–H and O–H groups in total. The van der Waals surface area contributed by atoms with Crippen molar-refractivity contribution in [1.82, 2.24) is 9.29 Å². The monoisotopic (exact) mass is 409 g/mol. The predicted octanol–water partition coefficient (Wildman–Crippen LogP) is 3.97. The maximum atomic E-state index is 12.8. The lowest BCUT2D eigenvalue weighted by atomic mass is 10.1. The molecule has 0 aliphatic carbocycles. The van der Waals surface area contributed by atoms with Gasteiger partial charge in [-0.05, 0) is 62.2 Å². The number of aryl methyl sites for hydroxylation is 1. The normalized spacial score (nSPS) is 15.3. The third kappa shape index (κ3) is 4.02. The van der Waals surface area contributed by atoms with E-state index < -0.39 is 10.0 Å². The lowest BCUT2D eigenvalue weighted by molar-refractivity contribution is 0.102. The molecule has 0 bridgehead atoms. The number of sulfonamides is 1. The number of hydrogen-bond acceptors (Lipinski definition) is 4. The molecule has 1 aromatic heterocycles. The number of aromatic nitrogens is 1. The van der Waals surface area contributed by atoms with Crippen LogP contribution in [0.3, 0.4) is 0 Å². The number of piperidine rings is 1. The zero-order valence-corrected chi connectivity index (χ0v) is 17.1. The van der Waals surface area contributed by atoms with Crippen molar-refractivity contribution >= 4 is 32.5 Å². The number of pyridine rings is 1. The van der Waals surface area contributed by atoms with E-state index in [1.807, 2.05) is 25.1 Å². The SMILES string of the molecule is Cc1ccc2nccc(NC(=O)c3ccc(S(=O)(=O)N4CCCCC4)cc3)c2c1. The summed E-state index contributed by atoms with van der Waals surface area (Å²) >= 11 is 0. The van der Waals surface area contributed by atoms with E-state index in [2.05, 4.69) is 10.3 Å². The van der Waals surface area contributed by atoms with Crippen molar-refractivity contribution in [2.75, 3.05) is 18.4 Å². The zero-order chi connectivity index (χ0) is 20.4. The molecule has 0 spiro atoms. The Balaban J connectivity index is 1.55. The summed E-state index contributed by atoms with van der Waals surface area (Å²) < 4.78 is 27.0. The molecular weight excluding hydrogens is 386 g/mol. The molecule has 0 atom stereocenters. The molecule has 4 rings (SSSR count). The van der Waals surface area contributed by atoms with Gasteiger partial charge in [0.2, 0.25) is 10.0 Å². The van der Waals surface area contributed by atoms with Crippen molar-refractivity contribution in [2.45, 2.75) is 31.1 Å². The van der Waals surface area contributed by atoms with Crippen LogP contribution in [0.25, 0.3) is 10.9 Å². The first-order valence-corrected chi connectivity index (χ1v) is 11.2. The quantitative estimate of drug-likeness (QED) is 0.707. The number of carbonyl (C=O) groups excluding carboxylic acids is 1. The van der Waals surface area contributed by atoms with Gasteiger partial charge in [0.25, 0.3) is 5.91 Å². The van der Waals surface area contributed by atoms with Gasteiger partial charge in [0.05, 0.1) is 16.1 Å². The Bertz CT molecular complexity index is 1150. The van der Waals surface area contributed by atoms with Crippen molar-refractivity contribution in [1.29, 1.82) is 0 Å². The van der Waals surface area contributed by atoms with Crippen molar-refractivity contribution in [3.63, 3.8) is 0 Å². The fourth-order valence-corrected chi connectivity index (χ4v) is 5.11. The van der Waals surface area contributed by atoms with Gasteiger partial charge in [-0.15, -0.1) is 0 Å². The molecule has 0 radical (unpaired) electrons. The van der Waals surface area contributed by atoms with Crippen LogP contribution in [-0.2, 0) is 10.0 Å². The fourth-order valence-electron chi connectivity index (χ4n) is 3.60. The highest BCUT2D eigenvalue weighted by Crippen LogP contribution is 2.24. The largest absolute Gasteiger partial charge is 0.321 e. The van der Waals surface area contributed by atoms with Gasteiger partial charge in [-0.25, -0.2) is 8.42 Å². The zero-order valence-electron chi connectivity index (χ0n) is 16.3. The first kappa shape index (κ1) is 19.5. The van der Waals surface area contributed by atoms with Crippen LogP contribution in [0.4, 0.5) is 5.69 Å². The highest BCUT2D eigenvalue weighted by Gasteiger charge is 2.26. The van der Waals surface area contributed by atoms with Crippen molar-refractivity contribution < 1.29 is 13.2 Å². The lowest BCUT2D eigenvalue weighted by Gasteiger charge is -2.25. The van der Waals surface area contributed by atoms with Crippen LogP contribution in [0.1, 0.15) is 35.2 Å². The van der Waals surface area contributed by atoms with Gasteiger partial charge in [0, 0.05) is 30.2 Å². The highest BCUT2D eigenvalue weighted by molar-refractivity contribution is 7.89. The van der Waals surface area contributed by atoms with E-state index in [0.29, 0.717) is 24.3 Å². The topological polar surface area (TPSA) is 79.4 Å². The first-order valence-electron chi connectivity index (χ1n) is 9.72. The molecule has 1 amide bonds. The lowest BCUT2D eigenvalue weighted by Crippen LogP contribution is -2.35. The molecule has 0 saturated carbocycles. The van der Waals surface area contributed by atoms with Crippen LogP contribution < -0.4 is 5.32 Å². The molecule has 3 aromatic rings. The van der Waals surface area contributed by atoms with E-state index in [1.165, 1.54) is 16.4 Å². The smallest absolute Gasteiger partial charge is 0.255 e. The molecule has 150 valence electrons. The molecule has 1 saturated heterocycles. The van der Waals surface area contributed by atoms with E-state index in [4.69, 9.17) is 0 Å². The summed E-state index contributed by atoms with van der Waals surface area (Å²) in [6, 6.07) is 13.8. The number of hydrogen-bond donors (Lipinski definition) is 1. The Labute approximate surface area is 170 Å². The van der Waals surface area contributed by atoms with Crippen molar-refractivity contribution in [2.24, 2.45) is 0 Å². The average molecular weight is 410 g/mol. The van der Waals surface area contributed by atoms with Crippen LogP contribution in [0, 0.1) is 6.92 Å². The fraction of sp³-hybridized carbons (Fsp3) is 0.273. The van der Waals surface area contributed by atoms with Crippen LogP contribution in [0.15, 0.2) is 59.6 Å². The summed E-state index contributed by atoms with van der Waals surface area (Å²) in [6.07, 6.45) is 4.49. The second-order valence-corrected chi connectivity index (χ2v) is 9.26. The van der Waals surface area contributed by atoms with Crippen LogP contribution in [0.2, 0.25) is 0 Å². The van der Waals surface area contributed by atoms with Gasteiger partial charge in [-0.2, -0.15) is 4.31 Å². The number of amides is 1. The molecule has 1 aliphatic rings. The summed E-state index contributed by atoms with van der Waals surface area (Å²) in [5.41, 5.74) is 2.96. The Morgan fingerprint density at radius 2 is 1.72 bits per heavy atom. The maximum absolute atomic E-state index is 12.8. The number of carbonyl (C=O) groups is 1. The van der Waals surface area contributed by atoms with E-state index >= 15 is 0 Å². The van der Waals surface area contributed by atoms with Crippen LogP contribution >= 0.6 is 0 Å². The molecule has 7 heteroatoms. The minimum absolute atomic E-state index is 0.223. The Morgan fingerprint density at radius 3 is 2.45 bits per heavy atom. The van der Waals surface area contributed by atoms with E-state index in [-0.39, 0.29) is 10.8 Å². The minimum Gasteiger partial charge on any atom is -0.321 e. The molecule has 1 fully saturated rings. The van der Waals surface area contributed by atoms with Crippen LogP contribution in [-0.4, -0.2) is 36.7 Å². The molecule has 1 aliphatic heterocycles. The third-order valence-corrected chi connectivity index (χ3v) is 7.13. The third-order valence-electron chi connectivity index (χ3n) is 5.21. The Kier molecular flexibility index (Phi) is 5.34. The number of anilines is 1. The molecule has 2 heterocycles. The summed E-state index contributed by atoms with van der Waals surface area (Å²) in [5.74, 6) is -0.291. The van der Waals surface area contributed by atoms with Gasteiger partial charge in [0.15, 0.2) is 0 Å². The minimum atomic E-state index is -3.50. The van der Waals surface area contributed by atoms with Gasteiger partial charge >= 0.3 is 0 Å². The highest BCUT2D eigenvalue weighted by atomic mass is 32.2. The van der Waals surface area contributed by atoms with Crippen molar-refractivity contribution in [3.8, 4) is 0 Å². The number of fused-ring (bicyclic) bond motifs is 1. The molecule has 0 unspecified atom stereocenters. The molecule has 6 nitrogen and oxygen atoms in total. The standard InChI is InChI=1S/C22H23N3O3S/c1-16-5-10-20-19(15-16)21(11-12-23-20)24-22(26)17-6-8-18(9-7-17)29(27,28)25-13-3-2-4-14-25/h5-12,15H,2-4,13-14H2,1H3,(H,23,24,26). The molecule has 2 aromatic carbocycles. The van der Waals surface area contributed by atoms with Crippen LogP contribution in [0.5, 0.6) is 0 Å². The summed E-state index contributed by atoms with van der Waals surface area (Å²) in [5, 5.41) is 3.78. The first-order chi connectivity index (χ1) is 13.9. The Morgan fingerprint density at radius 1 is 1.00 bits per heavy atom. The second-order valence-electron chi connectivity index (χ2n) is 7.32. The average Bonchev–Trinajstić information content (AvgIpc) is 2.75. The number of nitrogens with one attached hydrogen (secondary N) is 1. The number of nitrogens with zero attached hydrogens (tertiary/aromatic N) is 2. The number of rotatable bonds is 4. The van der Waals surface area contributed by atoms with E-state index in [0.717, 1.165) is 35.7 Å². The predicted molar refractivity (Wildman–Crippen MR) is 113 cm³/mol. The van der Waals surface area contributed by atoms with Gasteiger partial charge in [0.1, 0.15) is 0 Å². The van der Waals surface area contributed by atoms with Gasteiger partial charge in [-0.1, -0.05) is 18.1 Å². The summed E-state index contributed by atoms with van der Waals surface area (Å²) in [4.78, 5) is 17.3.